The van der Waals surface area contributed by atoms with E-state index >= 15 is 0 Å². The van der Waals surface area contributed by atoms with Crippen LogP contribution in [-0.4, -0.2) is 82.6 Å². The number of amides is 1. The third-order valence-electron chi connectivity index (χ3n) is 4.91. The van der Waals surface area contributed by atoms with Gasteiger partial charge in [-0.15, -0.1) is 0 Å². The Morgan fingerprint density at radius 2 is 2.00 bits per heavy atom. The van der Waals surface area contributed by atoms with Gasteiger partial charge in [0.25, 0.3) is 0 Å². The lowest BCUT2D eigenvalue weighted by Gasteiger charge is -2.31. The van der Waals surface area contributed by atoms with Gasteiger partial charge in [0.1, 0.15) is 5.75 Å². The maximum atomic E-state index is 13.2. The van der Waals surface area contributed by atoms with E-state index in [4.69, 9.17) is 9.47 Å². The molecule has 1 aromatic rings. The molecule has 1 amide bonds. The average Bonchev–Trinajstić information content (AvgIpc) is 3.21. The number of rotatable bonds is 7. The van der Waals surface area contributed by atoms with Gasteiger partial charge in [0, 0.05) is 39.3 Å². The second-order valence-corrected chi connectivity index (χ2v) is 8.68. The summed E-state index contributed by atoms with van der Waals surface area (Å²) >= 11 is 0. The van der Waals surface area contributed by atoms with Crippen LogP contribution in [0.25, 0.3) is 0 Å². The lowest BCUT2D eigenvalue weighted by atomic mass is 10.2. The molecule has 2 aliphatic rings. The van der Waals surface area contributed by atoms with Crippen molar-refractivity contribution in [3.63, 3.8) is 0 Å². The first-order valence-corrected chi connectivity index (χ1v) is 10.7. The normalized spacial score (nSPS) is 20.8. The molecule has 2 aliphatic heterocycles. The summed E-state index contributed by atoms with van der Waals surface area (Å²) in [5, 5.41) is 3.19. The highest BCUT2D eigenvalue weighted by Crippen LogP contribution is 2.22. The minimum atomic E-state index is -3.81. The maximum absolute atomic E-state index is 13.2. The number of hydrogen-bond acceptors (Lipinski definition) is 6. The van der Waals surface area contributed by atoms with Gasteiger partial charge in [-0.2, -0.15) is 4.31 Å². The summed E-state index contributed by atoms with van der Waals surface area (Å²) in [7, 11) is -2.29. The minimum absolute atomic E-state index is 0.148. The van der Waals surface area contributed by atoms with Crippen LogP contribution in [0, 0.1) is 0 Å². The second-order valence-electron chi connectivity index (χ2n) is 6.74. The van der Waals surface area contributed by atoms with Crippen LogP contribution in [-0.2, 0) is 19.6 Å². The Balaban J connectivity index is 1.79. The molecule has 2 fully saturated rings. The number of piperazine rings is 1. The van der Waals surface area contributed by atoms with Crippen molar-refractivity contribution in [2.75, 3.05) is 53.0 Å². The van der Waals surface area contributed by atoms with Gasteiger partial charge in [-0.3, -0.25) is 4.79 Å². The van der Waals surface area contributed by atoms with E-state index in [1.165, 1.54) is 23.5 Å². The molecule has 0 spiro atoms. The van der Waals surface area contributed by atoms with Crippen LogP contribution in [0.5, 0.6) is 5.75 Å². The zero-order valence-electron chi connectivity index (χ0n) is 15.6. The van der Waals surface area contributed by atoms with E-state index in [0.29, 0.717) is 25.4 Å². The summed E-state index contributed by atoms with van der Waals surface area (Å²) in [6.07, 6.45) is 1.54. The van der Waals surface area contributed by atoms with Crippen molar-refractivity contribution in [1.29, 1.82) is 0 Å². The maximum Gasteiger partial charge on any atom is 0.243 e. The minimum Gasteiger partial charge on any atom is -0.497 e. The van der Waals surface area contributed by atoms with E-state index in [0.717, 1.165) is 25.9 Å². The summed E-state index contributed by atoms with van der Waals surface area (Å²) < 4.78 is 38.3. The second kappa shape index (κ2) is 9.01. The fourth-order valence-electron chi connectivity index (χ4n) is 3.32. The first kappa shape index (κ1) is 20.1. The fraction of sp³-hybridized carbons (Fsp3) is 0.611. The van der Waals surface area contributed by atoms with Gasteiger partial charge in [-0.05, 0) is 37.1 Å². The van der Waals surface area contributed by atoms with Crippen molar-refractivity contribution in [2.45, 2.75) is 23.8 Å². The van der Waals surface area contributed by atoms with E-state index in [2.05, 4.69) is 5.32 Å². The highest BCUT2D eigenvalue weighted by Gasteiger charge is 2.32. The Morgan fingerprint density at radius 1 is 1.30 bits per heavy atom. The van der Waals surface area contributed by atoms with Gasteiger partial charge in [-0.1, -0.05) is 0 Å². The van der Waals surface area contributed by atoms with Crippen molar-refractivity contribution in [3.8, 4) is 5.75 Å². The third-order valence-corrected chi connectivity index (χ3v) is 6.74. The van der Waals surface area contributed by atoms with Crippen LogP contribution in [0.3, 0.4) is 0 Å². The topological polar surface area (TPSA) is 88.2 Å². The number of nitrogens with zero attached hydrogens (tertiary/aromatic N) is 2. The Morgan fingerprint density at radius 3 is 2.59 bits per heavy atom. The molecular weight excluding hydrogens is 370 g/mol. The standard InChI is InChI=1S/C18H27N3O5S/c1-25-15-4-6-17(7-5-15)27(23,24)21(13-16-3-2-12-26-16)14-18(22)20-10-8-19-9-11-20/h4-7,16,19H,2-3,8-14H2,1H3/t16-/m0/s1. The first-order chi connectivity index (χ1) is 13.0. The van der Waals surface area contributed by atoms with Crippen molar-refractivity contribution >= 4 is 15.9 Å². The highest BCUT2D eigenvalue weighted by atomic mass is 32.2. The summed E-state index contributed by atoms with van der Waals surface area (Å²) in [6.45, 7) is 3.28. The SMILES string of the molecule is COc1ccc(S(=O)(=O)N(CC(=O)N2CCNCC2)C[C@@H]2CCCO2)cc1. The average molecular weight is 397 g/mol. The van der Waals surface area contributed by atoms with Crippen LogP contribution < -0.4 is 10.1 Å². The molecule has 1 aromatic carbocycles. The zero-order chi connectivity index (χ0) is 19.3. The Kier molecular flexibility index (Phi) is 6.69. The fourth-order valence-corrected chi connectivity index (χ4v) is 4.75. The van der Waals surface area contributed by atoms with Crippen molar-refractivity contribution in [1.82, 2.24) is 14.5 Å². The molecule has 150 valence electrons. The number of nitrogens with one attached hydrogen (secondary N) is 1. The molecule has 9 heteroatoms. The van der Waals surface area contributed by atoms with E-state index in [-0.39, 0.29) is 30.0 Å². The van der Waals surface area contributed by atoms with Gasteiger partial charge in [-0.25, -0.2) is 8.42 Å². The molecule has 1 atom stereocenters. The quantitative estimate of drug-likeness (QED) is 0.712. The monoisotopic (exact) mass is 397 g/mol. The molecular formula is C18H27N3O5S. The number of benzene rings is 1. The molecule has 27 heavy (non-hydrogen) atoms. The van der Waals surface area contributed by atoms with Gasteiger partial charge < -0.3 is 19.7 Å². The van der Waals surface area contributed by atoms with Crippen molar-refractivity contribution < 1.29 is 22.7 Å². The predicted molar refractivity (Wildman–Crippen MR) is 100 cm³/mol. The molecule has 2 heterocycles. The molecule has 8 nitrogen and oxygen atoms in total. The predicted octanol–water partition coefficient (Wildman–Crippen LogP) is 0.297. The molecule has 0 saturated carbocycles. The third kappa shape index (κ3) is 4.98. The van der Waals surface area contributed by atoms with E-state index in [1.807, 2.05) is 0 Å². The summed E-state index contributed by atoms with van der Waals surface area (Å²) in [5.74, 6) is 0.406. The van der Waals surface area contributed by atoms with Gasteiger partial charge in [0.15, 0.2) is 0 Å². The lowest BCUT2D eigenvalue weighted by molar-refractivity contribution is -0.132. The summed E-state index contributed by atoms with van der Waals surface area (Å²) in [6, 6.07) is 6.22. The molecule has 0 radical (unpaired) electrons. The van der Waals surface area contributed by atoms with Crippen LogP contribution in [0.4, 0.5) is 0 Å². The Hall–Kier alpha value is -1.68. The summed E-state index contributed by atoms with van der Waals surface area (Å²) in [5.41, 5.74) is 0. The number of hydrogen-bond donors (Lipinski definition) is 1. The lowest BCUT2D eigenvalue weighted by Crippen LogP contribution is -2.51. The Labute approximate surface area is 160 Å². The van der Waals surface area contributed by atoms with Crippen LogP contribution in [0.1, 0.15) is 12.8 Å². The van der Waals surface area contributed by atoms with Gasteiger partial charge >= 0.3 is 0 Å². The van der Waals surface area contributed by atoms with Gasteiger partial charge in [0.2, 0.25) is 15.9 Å². The number of carbonyl (C=O) groups is 1. The van der Waals surface area contributed by atoms with Crippen LogP contribution in [0.15, 0.2) is 29.2 Å². The highest BCUT2D eigenvalue weighted by molar-refractivity contribution is 7.89. The molecule has 0 aromatic heterocycles. The van der Waals surface area contributed by atoms with E-state index in [9.17, 15) is 13.2 Å². The molecule has 1 N–H and O–H groups in total. The van der Waals surface area contributed by atoms with Crippen molar-refractivity contribution in [3.05, 3.63) is 24.3 Å². The number of methoxy groups -OCH3 is 1. The molecule has 0 unspecified atom stereocenters. The van der Waals surface area contributed by atoms with E-state index < -0.39 is 10.0 Å². The zero-order valence-corrected chi connectivity index (χ0v) is 16.4. The smallest absolute Gasteiger partial charge is 0.243 e. The summed E-state index contributed by atoms with van der Waals surface area (Å²) in [4.78, 5) is 14.6. The first-order valence-electron chi connectivity index (χ1n) is 9.25. The van der Waals surface area contributed by atoms with Crippen LogP contribution >= 0.6 is 0 Å². The van der Waals surface area contributed by atoms with Gasteiger partial charge in [0.05, 0.1) is 24.7 Å². The van der Waals surface area contributed by atoms with E-state index in [1.54, 1.807) is 17.0 Å². The number of ether oxygens (including phenoxy) is 2. The molecule has 3 rings (SSSR count). The molecule has 0 aliphatic carbocycles. The molecule has 2 saturated heterocycles. The van der Waals surface area contributed by atoms with Crippen molar-refractivity contribution in [2.24, 2.45) is 0 Å². The number of carbonyl (C=O) groups excluding carboxylic acids is 1. The largest absolute Gasteiger partial charge is 0.497 e. The number of sulfonamides is 1. The van der Waals surface area contributed by atoms with Crippen LogP contribution in [0.2, 0.25) is 0 Å². The molecule has 0 bridgehead atoms. The Bertz CT molecular complexity index is 726.